The molecule has 0 spiro atoms. The Morgan fingerprint density at radius 1 is 0.973 bits per heavy atom. The van der Waals surface area contributed by atoms with Gasteiger partial charge in [-0.3, -0.25) is 47.4 Å². The minimum absolute atomic E-state index is 0.0393. The van der Waals surface area contributed by atoms with Crippen LogP contribution in [0.15, 0.2) is 23.2 Å². The zero-order valence-corrected chi connectivity index (χ0v) is 43.2. The highest BCUT2D eigenvalue weighted by Gasteiger charge is 2.52. The van der Waals surface area contributed by atoms with Crippen LogP contribution in [0.2, 0.25) is 0 Å². The van der Waals surface area contributed by atoms with Crippen molar-refractivity contribution in [3.05, 3.63) is 23.8 Å². The number of hydrogen-bond acceptors (Lipinski definition) is 15. The summed E-state index contributed by atoms with van der Waals surface area (Å²) in [7, 11) is -0.444. The number of nitrogens with two attached hydrogens (primary N) is 1. The number of hydrogen-bond donors (Lipinski definition) is 10. The molecule has 402 valence electrons. The van der Waals surface area contributed by atoms with Gasteiger partial charge in [-0.05, 0) is 57.9 Å². The number of benzene rings is 1. The number of carbonyl (C=O) groups excluding carboxylic acids is 9. The number of aromatic nitrogens is 1. The van der Waals surface area contributed by atoms with E-state index in [1.54, 1.807) is 25.1 Å². The Hall–Kier alpha value is -5.82. The van der Waals surface area contributed by atoms with Crippen molar-refractivity contribution < 1.29 is 67.4 Å². The number of primary amides is 1. The quantitative estimate of drug-likeness (QED) is 0.121. The summed E-state index contributed by atoms with van der Waals surface area (Å²) in [6.45, 7) is 8.42. The number of ether oxygens (including phenoxy) is 1. The number of carbonyl (C=O) groups is 9. The van der Waals surface area contributed by atoms with Gasteiger partial charge in [-0.1, -0.05) is 27.2 Å². The zero-order valence-electron chi connectivity index (χ0n) is 42.4. The number of ketones is 2. The van der Waals surface area contributed by atoms with Gasteiger partial charge in [0.15, 0.2) is 11.6 Å². The van der Waals surface area contributed by atoms with Crippen molar-refractivity contribution in [1.82, 2.24) is 41.4 Å². The summed E-state index contributed by atoms with van der Waals surface area (Å²) in [6.07, 6.45) is -5.50. The normalized spacial score (nSPS) is 29.5. The van der Waals surface area contributed by atoms with Crippen LogP contribution in [0, 0.1) is 23.7 Å². The number of nitrogens with one attached hydrogen (secondary N) is 6. The summed E-state index contributed by atoms with van der Waals surface area (Å²) < 4.78 is 21.9. The van der Waals surface area contributed by atoms with Gasteiger partial charge >= 0.3 is 0 Å². The number of aromatic amines is 1. The van der Waals surface area contributed by atoms with Crippen LogP contribution in [0.3, 0.4) is 0 Å². The minimum atomic E-state index is -2.30. The van der Waals surface area contributed by atoms with Crippen LogP contribution in [0.5, 0.6) is 5.75 Å². The summed E-state index contributed by atoms with van der Waals surface area (Å²) in [5.41, 5.74) is 3.69. The molecular weight excluding hydrogens is 971 g/mol. The van der Waals surface area contributed by atoms with Crippen molar-refractivity contribution in [2.24, 2.45) is 29.4 Å². The Labute approximate surface area is 425 Å². The van der Waals surface area contributed by atoms with Crippen LogP contribution in [-0.2, 0) is 60.4 Å². The molecule has 0 aliphatic carbocycles. The Bertz CT molecular complexity index is 2510. The van der Waals surface area contributed by atoms with E-state index in [4.69, 9.17) is 10.5 Å². The third-order valence-electron chi connectivity index (χ3n) is 15.0. The summed E-state index contributed by atoms with van der Waals surface area (Å²) in [4.78, 5) is 135. The Balaban J connectivity index is 1.63. The Morgan fingerprint density at radius 3 is 2.32 bits per heavy atom. The lowest BCUT2D eigenvalue weighted by molar-refractivity contribution is -0.146. The van der Waals surface area contributed by atoms with Crippen molar-refractivity contribution in [3.63, 3.8) is 0 Å². The molecule has 73 heavy (non-hydrogen) atoms. The lowest BCUT2D eigenvalue weighted by Crippen LogP contribution is -2.68. The van der Waals surface area contributed by atoms with Gasteiger partial charge in [0.1, 0.15) is 16.8 Å². The molecule has 24 heteroatoms. The van der Waals surface area contributed by atoms with E-state index < -0.39 is 186 Å². The summed E-state index contributed by atoms with van der Waals surface area (Å²) in [5.74, 6) is -13.2. The topological polar surface area (TPSA) is 349 Å². The second-order valence-corrected chi connectivity index (χ2v) is 22.5. The molecule has 7 rings (SSSR count). The monoisotopic (exact) mass is 1040 g/mol. The SMILES string of the molecule is CC[C@H](C)[C@@H]1NC(=O)CNC(=O)[C@H]2CC(=O)[C@H]([C@@H](C)[C@@H](O)CO)NC(=O)[C@@H]3C[C@@H](O)CN3C(=O)[C@H](CC(N)=O)CC(=O)[C@@H]3CS(=O)c4[nH]c5cc(ccc5c4C2)OC1(CCN(C)C(C)(C)C)C(=O)NCC(=O)N3. The number of aliphatic hydroxyl groups is 3. The Kier molecular flexibility index (Phi) is 17.9. The van der Waals surface area contributed by atoms with Crippen molar-refractivity contribution >= 4 is 74.6 Å². The third kappa shape index (κ3) is 12.8. The predicted molar refractivity (Wildman–Crippen MR) is 263 cm³/mol. The number of nitrogens with zero attached hydrogens (tertiary/aromatic N) is 2. The van der Waals surface area contributed by atoms with Crippen LogP contribution in [-0.4, -0.2) is 180 Å². The van der Waals surface area contributed by atoms with E-state index in [1.807, 2.05) is 39.6 Å². The molecule has 5 aliphatic heterocycles. The number of aliphatic hydroxyl groups excluding tert-OH is 3. The largest absolute Gasteiger partial charge is 0.475 e. The zero-order chi connectivity index (χ0) is 53.9. The fraction of sp³-hybridized carbons (Fsp3) is 0.653. The van der Waals surface area contributed by atoms with E-state index in [1.165, 1.54) is 6.92 Å². The standard InChI is InChI=1S/C49H71N9O14S/c1-8-24(2)42-49(11-12-57(7)48(4,5)6)47(70)52-20-39(65)53-33-23-73(71)45-31(30-10-9-29(72-49)18-32(30)54-45)13-26(43(67)51-19-40(66)55-42)14-36(62)41(25(3)37(63)22-59)56-44(68)34-17-28(60)21-58(34)46(69)27(15-35(33)61)16-38(50)64/h9-10,18,24-28,33-34,37,41-42,54,59-60,63H,8,11-17,19-23H2,1-7H3,(H2,50,64)(H,51,67)(H,52,70)(H,53,65)(H,55,66)(H,56,68)/t24-,25-,26+,27-,28+,33-,34-,37-,41-,42-,49?,73?/m0/s1. The highest BCUT2D eigenvalue weighted by atomic mass is 32.2. The van der Waals surface area contributed by atoms with Crippen molar-refractivity contribution in [2.75, 3.05) is 45.6 Å². The van der Waals surface area contributed by atoms with Gasteiger partial charge in [-0.15, -0.1) is 0 Å². The molecule has 5 aliphatic rings. The lowest BCUT2D eigenvalue weighted by Gasteiger charge is -2.44. The summed E-state index contributed by atoms with van der Waals surface area (Å²) >= 11 is 0. The number of fused-ring (bicyclic) bond motifs is 9. The van der Waals surface area contributed by atoms with E-state index in [0.717, 1.165) is 4.90 Å². The van der Waals surface area contributed by atoms with Gasteiger partial charge in [-0.2, -0.15) is 0 Å². The van der Waals surface area contributed by atoms with E-state index in [-0.39, 0.29) is 47.7 Å². The molecule has 23 nitrogen and oxygen atoms in total. The summed E-state index contributed by atoms with van der Waals surface area (Å²) in [6, 6.07) is -1.24. The first-order valence-corrected chi connectivity index (χ1v) is 26.1. The van der Waals surface area contributed by atoms with Crippen LogP contribution in [0.25, 0.3) is 10.9 Å². The van der Waals surface area contributed by atoms with E-state index >= 15 is 9.00 Å². The molecule has 2 unspecified atom stereocenters. The fourth-order valence-corrected chi connectivity index (χ4v) is 11.5. The maximum atomic E-state index is 15.2. The molecule has 1 fully saturated rings. The smallest absolute Gasteiger partial charge is 0.266 e. The molecule has 2 aromatic rings. The maximum absolute atomic E-state index is 15.2. The van der Waals surface area contributed by atoms with Crippen LogP contribution >= 0.6 is 0 Å². The third-order valence-corrected chi connectivity index (χ3v) is 16.4. The van der Waals surface area contributed by atoms with E-state index in [2.05, 4.69) is 31.6 Å². The highest BCUT2D eigenvalue weighted by molar-refractivity contribution is 7.85. The Morgan fingerprint density at radius 2 is 1.66 bits per heavy atom. The van der Waals surface area contributed by atoms with Crippen molar-refractivity contribution in [1.29, 1.82) is 0 Å². The molecule has 6 heterocycles. The molecule has 1 aromatic heterocycles. The predicted octanol–water partition coefficient (Wildman–Crippen LogP) is -2.19. The van der Waals surface area contributed by atoms with Crippen LogP contribution in [0.1, 0.15) is 85.6 Å². The number of H-pyrrole nitrogens is 1. The molecule has 1 aromatic carbocycles. The molecule has 8 bridgehead atoms. The first kappa shape index (κ1) is 56.5. The van der Waals surface area contributed by atoms with E-state index in [9.17, 15) is 53.7 Å². The second kappa shape index (κ2) is 23.2. The average Bonchev–Trinajstić information content (AvgIpc) is 3.91. The maximum Gasteiger partial charge on any atom is 0.266 e. The molecule has 0 radical (unpaired) electrons. The fourth-order valence-electron chi connectivity index (χ4n) is 10.0. The van der Waals surface area contributed by atoms with Crippen LogP contribution < -0.4 is 37.1 Å². The van der Waals surface area contributed by atoms with Gasteiger partial charge in [-0.25, -0.2) is 0 Å². The number of rotatable bonds is 10. The van der Waals surface area contributed by atoms with Gasteiger partial charge in [0, 0.05) is 74.0 Å². The average molecular weight is 1040 g/mol. The van der Waals surface area contributed by atoms with Crippen molar-refractivity contribution in [2.45, 2.75) is 139 Å². The van der Waals surface area contributed by atoms with E-state index in [0.29, 0.717) is 11.8 Å². The first-order valence-electron chi connectivity index (χ1n) is 24.8. The summed E-state index contributed by atoms with van der Waals surface area (Å²) in [5, 5.41) is 45.5. The first-order chi connectivity index (χ1) is 34.3. The molecule has 11 N–H and O–H groups in total. The van der Waals surface area contributed by atoms with Gasteiger partial charge in [0.2, 0.25) is 41.0 Å². The molecule has 12 atom stereocenters. The van der Waals surface area contributed by atoms with Gasteiger partial charge in [0.05, 0.1) is 78.0 Å². The van der Waals surface area contributed by atoms with Crippen LogP contribution in [0.4, 0.5) is 0 Å². The van der Waals surface area contributed by atoms with Gasteiger partial charge < -0.3 is 67.2 Å². The second-order valence-electron chi connectivity index (χ2n) is 21.0. The highest BCUT2D eigenvalue weighted by Crippen LogP contribution is 2.37. The number of amides is 7. The van der Waals surface area contributed by atoms with Gasteiger partial charge in [0.25, 0.3) is 5.91 Å². The van der Waals surface area contributed by atoms with Crippen molar-refractivity contribution in [3.8, 4) is 5.75 Å². The minimum Gasteiger partial charge on any atom is -0.475 e. The lowest BCUT2D eigenvalue weighted by atomic mass is 9.79. The number of Topliss-reactive ketones (excluding diaryl/α,β-unsaturated/α-hetero) is 2. The molecule has 7 amide bonds. The molecular formula is C49H71N9O14S. The molecule has 1 saturated heterocycles. The molecule has 0 saturated carbocycles.